The SMILES string of the molecule is COc1ccc(C(N)=NOC(=O)c2cc(Cl)ccc2Cl)cc1OC. The fourth-order valence-electron chi connectivity index (χ4n) is 1.84. The Morgan fingerprint density at radius 3 is 2.42 bits per heavy atom. The second-order valence-electron chi connectivity index (χ2n) is 4.55. The van der Waals surface area contributed by atoms with Crippen LogP contribution in [-0.4, -0.2) is 26.0 Å². The van der Waals surface area contributed by atoms with Crippen LogP contribution in [0.5, 0.6) is 11.5 Å². The largest absolute Gasteiger partial charge is 0.493 e. The fourth-order valence-corrected chi connectivity index (χ4v) is 2.21. The van der Waals surface area contributed by atoms with E-state index in [4.69, 9.17) is 43.2 Å². The smallest absolute Gasteiger partial charge is 0.367 e. The third kappa shape index (κ3) is 4.10. The number of methoxy groups -OCH3 is 2. The van der Waals surface area contributed by atoms with Gasteiger partial charge in [0.05, 0.1) is 24.8 Å². The zero-order valence-corrected chi connectivity index (χ0v) is 14.4. The van der Waals surface area contributed by atoms with E-state index >= 15 is 0 Å². The van der Waals surface area contributed by atoms with Crippen molar-refractivity contribution in [2.24, 2.45) is 10.9 Å². The van der Waals surface area contributed by atoms with Gasteiger partial charge in [-0.3, -0.25) is 0 Å². The number of ether oxygens (including phenoxy) is 2. The Morgan fingerprint density at radius 2 is 1.75 bits per heavy atom. The van der Waals surface area contributed by atoms with Crippen molar-refractivity contribution in [2.75, 3.05) is 14.2 Å². The van der Waals surface area contributed by atoms with E-state index in [1.807, 2.05) is 0 Å². The molecule has 0 aliphatic heterocycles. The number of carbonyl (C=O) groups excluding carboxylic acids is 1. The van der Waals surface area contributed by atoms with Crippen molar-refractivity contribution in [3.63, 3.8) is 0 Å². The van der Waals surface area contributed by atoms with Crippen molar-refractivity contribution in [1.82, 2.24) is 0 Å². The summed E-state index contributed by atoms with van der Waals surface area (Å²) >= 11 is 11.8. The molecule has 0 fully saturated rings. The topological polar surface area (TPSA) is 83.1 Å². The molecule has 0 aromatic heterocycles. The molecule has 2 rings (SSSR count). The summed E-state index contributed by atoms with van der Waals surface area (Å²) in [5.74, 6) is 0.225. The minimum atomic E-state index is -0.772. The van der Waals surface area contributed by atoms with Crippen LogP contribution in [0.4, 0.5) is 0 Å². The molecule has 2 aromatic carbocycles. The van der Waals surface area contributed by atoms with Gasteiger partial charge in [0, 0.05) is 10.6 Å². The first kappa shape index (κ1) is 17.9. The number of hydrogen-bond acceptors (Lipinski definition) is 5. The van der Waals surface area contributed by atoms with Crippen LogP contribution >= 0.6 is 23.2 Å². The minimum absolute atomic E-state index is 0.0116. The van der Waals surface area contributed by atoms with Crippen molar-refractivity contribution in [2.45, 2.75) is 0 Å². The zero-order valence-electron chi connectivity index (χ0n) is 12.9. The molecule has 0 atom stereocenters. The molecule has 2 N–H and O–H groups in total. The summed E-state index contributed by atoms with van der Waals surface area (Å²) in [7, 11) is 3.02. The predicted molar refractivity (Wildman–Crippen MR) is 92.1 cm³/mol. The average molecular weight is 369 g/mol. The highest BCUT2D eigenvalue weighted by molar-refractivity contribution is 6.35. The van der Waals surface area contributed by atoms with Gasteiger partial charge in [0.1, 0.15) is 0 Å². The number of halogens is 2. The number of oxime groups is 1. The number of hydrogen-bond donors (Lipinski definition) is 1. The van der Waals surface area contributed by atoms with Crippen LogP contribution in [0.15, 0.2) is 41.6 Å². The van der Waals surface area contributed by atoms with Crippen LogP contribution in [0.1, 0.15) is 15.9 Å². The summed E-state index contributed by atoms with van der Waals surface area (Å²) in [5, 5.41) is 4.17. The maximum absolute atomic E-state index is 12.0. The molecule has 24 heavy (non-hydrogen) atoms. The van der Waals surface area contributed by atoms with Crippen LogP contribution in [0.2, 0.25) is 10.0 Å². The number of amidine groups is 1. The Morgan fingerprint density at radius 1 is 1.04 bits per heavy atom. The second-order valence-corrected chi connectivity index (χ2v) is 5.39. The third-order valence-corrected chi connectivity index (χ3v) is 3.62. The number of rotatable bonds is 5. The van der Waals surface area contributed by atoms with E-state index < -0.39 is 5.97 Å². The quantitative estimate of drug-likeness (QED) is 0.378. The normalized spacial score (nSPS) is 11.1. The summed E-state index contributed by atoms with van der Waals surface area (Å²) in [6.07, 6.45) is 0. The molecule has 8 heteroatoms. The Balaban J connectivity index is 2.19. The summed E-state index contributed by atoms with van der Waals surface area (Å²) in [5.41, 5.74) is 6.41. The molecular formula is C16H14Cl2N2O4. The van der Waals surface area contributed by atoms with Crippen molar-refractivity contribution < 1.29 is 19.1 Å². The third-order valence-electron chi connectivity index (χ3n) is 3.05. The molecule has 0 spiro atoms. The molecule has 0 saturated carbocycles. The molecule has 6 nitrogen and oxygen atoms in total. The van der Waals surface area contributed by atoms with Gasteiger partial charge < -0.3 is 20.0 Å². The molecule has 126 valence electrons. The Hall–Kier alpha value is -2.44. The number of nitrogens with zero attached hydrogens (tertiary/aromatic N) is 1. The van der Waals surface area contributed by atoms with Crippen molar-refractivity contribution in [3.8, 4) is 11.5 Å². The van der Waals surface area contributed by atoms with E-state index in [1.165, 1.54) is 26.4 Å². The fraction of sp³-hybridized carbons (Fsp3) is 0.125. The highest BCUT2D eigenvalue weighted by atomic mass is 35.5. The minimum Gasteiger partial charge on any atom is -0.493 e. The van der Waals surface area contributed by atoms with Crippen molar-refractivity contribution in [3.05, 3.63) is 57.6 Å². The lowest BCUT2D eigenvalue weighted by atomic mass is 10.2. The molecule has 0 amide bonds. The highest BCUT2D eigenvalue weighted by Gasteiger charge is 2.14. The van der Waals surface area contributed by atoms with Gasteiger partial charge in [-0.2, -0.15) is 0 Å². The van der Waals surface area contributed by atoms with Gasteiger partial charge in [0.25, 0.3) is 0 Å². The predicted octanol–water partition coefficient (Wildman–Crippen LogP) is 3.49. The van der Waals surface area contributed by atoms with Crippen molar-refractivity contribution in [1.29, 1.82) is 0 Å². The first-order valence-electron chi connectivity index (χ1n) is 6.68. The maximum Gasteiger partial charge on any atom is 0.367 e. The van der Waals surface area contributed by atoms with E-state index in [1.54, 1.807) is 24.3 Å². The highest BCUT2D eigenvalue weighted by Crippen LogP contribution is 2.27. The van der Waals surface area contributed by atoms with Gasteiger partial charge in [-0.15, -0.1) is 0 Å². The van der Waals surface area contributed by atoms with Crippen molar-refractivity contribution >= 4 is 35.0 Å². The molecule has 0 bridgehead atoms. The maximum atomic E-state index is 12.0. The standard InChI is InChI=1S/C16H14Cl2N2O4/c1-22-13-6-3-9(7-14(13)23-2)15(19)20-24-16(21)11-8-10(17)4-5-12(11)18/h3-8H,1-2H3,(H2,19,20). The van der Waals surface area contributed by atoms with Crippen LogP contribution in [0.25, 0.3) is 0 Å². The van der Waals surface area contributed by atoms with Crippen LogP contribution in [0, 0.1) is 0 Å². The van der Waals surface area contributed by atoms with Gasteiger partial charge in [0.2, 0.25) is 0 Å². The summed E-state index contributed by atoms with van der Waals surface area (Å²) in [4.78, 5) is 16.8. The van der Waals surface area contributed by atoms with Crippen LogP contribution in [0.3, 0.4) is 0 Å². The summed E-state index contributed by atoms with van der Waals surface area (Å²) < 4.78 is 10.3. The molecule has 2 aromatic rings. The van der Waals surface area contributed by atoms with Crippen LogP contribution < -0.4 is 15.2 Å². The molecule has 0 unspecified atom stereocenters. The van der Waals surface area contributed by atoms with E-state index in [2.05, 4.69) is 5.16 Å². The van der Waals surface area contributed by atoms with Gasteiger partial charge in [-0.25, -0.2) is 4.79 Å². The molecule has 0 aliphatic carbocycles. The van der Waals surface area contributed by atoms with E-state index in [-0.39, 0.29) is 16.4 Å². The molecule has 0 heterocycles. The monoisotopic (exact) mass is 368 g/mol. The molecule has 0 aliphatic rings. The van der Waals surface area contributed by atoms with Gasteiger partial charge in [-0.1, -0.05) is 28.4 Å². The van der Waals surface area contributed by atoms with E-state index in [0.717, 1.165) is 0 Å². The number of nitrogens with two attached hydrogens (primary N) is 1. The molecule has 0 saturated heterocycles. The molecular weight excluding hydrogens is 355 g/mol. The van der Waals surface area contributed by atoms with Gasteiger partial charge in [-0.05, 0) is 36.4 Å². The van der Waals surface area contributed by atoms with Gasteiger partial charge in [0.15, 0.2) is 17.3 Å². The Kier molecular flexibility index (Phi) is 5.89. The van der Waals surface area contributed by atoms with Crippen LogP contribution in [-0.2, 0) is 4.84 Å². The Bertz CT molecular complexity index is 794. The second kappa shape index (κ2) is 7.90. The lowest BCUT2D eigenvalue weighted by molar-refractivity contribution is 0.0516. The molecule has 0 radical (unpaired) electrons. The summed E-state index contributed by atoms with van der Waals surface area (Å²) in [6, 6.07) is 9.35. The number of benzene rings is 2. The van der Waals surface area contributed by atoms with E-state index in [9.17, 15) is 4.79 Å². The first-order valence-corrected chi connectivity index (χ1v) is 7.44. The Labute approximate surface area is 148 Å². The lowest BCUT2D eigenvalue weighted by Crippen LogP contribution is -2.15. The lowest BCUT2D eigenvalue weighted by Gasteiger charge is -2.09. The average Bonchev–Trinajstić information content (AvgIpc) is 2.60. The zero-order chi connectivity index (χ0) is 17.7. The van der Waals surface area contributed by atoms with Gasteiger partial charge >= 0.3 is 5.97 Å². The summed E-state index contributed by atoms with van der Waals surface area (Å²) in [6.45, 7) is 0. The first-order chi connectivity index (χ1) is 11.5. The number of carbonyl (C=O) groups is 1. The van der Waals surface area contributed by atoms with E-state index in [0.29, 0.717) is 22.1 Å².